The molecule has 0 N–H and O–H groups in total. The van der Waals surface area contributed by atoms with Crippen molar-refractivity contribution in [2.75, 3.05) is 16.0 Å². The van der Waals surface area contributed by atoms with Crippen molar-refractivity contribution in [2.45, 2.75) is 0 Å². The van der Waals surface area contributed by atoms with Gasteiger partial charge in [-0.15, -0.1) is 69.6 Å². The summed E-state index contributed by atoms with van der Waals surface area (Å²) in [5.41, 5.74) is 0. The first kappa shape index (κ1) is 17.0. The zero-order valence-corrected chi connectivity index (χ0v) is 8.92. The van der Waals surface area contributed by atoms with Gasteiger partial charge in [-0.25, -0.2) is 0 Å². The van der Waals surface area contributed by atoms with Gasteiger partial charge in [0.15, 0.2) is 0 Å². The minimum Gasteiger partial charge on any atom is -0.109 e. The molecule has 0 aromatic rings. The summed E-state index contributed by atoms with van der Waals surface area (Å²) in [6.07, 6.45) is 0. The van der Waals surface area contributed by atoms with Crippen LogP contribution in [0.1, 0.15) is 0 Å². The lowest BCUT2D eigenvalue weighted by Gasteiger charge is -1.42. The molecular formula is C3H6Cl6. The molecule has 0 amide bonds. The first-order valence-electron chi connectivity index (χ1n) is 1.60. The van der Waals surface area contributed by atoms with Gasteiger partial charge in [0.2, 0.25) is 0 Å². The van der Waals surface area contributed by atoms with Gasteiger partial charge < -0.3 is 0 Å². The molecule has 6 heteroatoms. The molecule has 0 saturated heterocycles. The Morgan fingerprint density at radius 2 is 0.444 bits per heavy atom. The minimum atomic E-state index is 0.194. The molecule has 0 spiro atoms. The molecule has 0 saturated carbocycles. The average molecular weight is 255 g/mol. The summed E-state index contributed by atoms with van der Waals surface area (Å²) in [4.78, 5) is 0. The third-order valence-corrected chi connectivity index (χ3v) is 0. The molecule has 0 atom stereocenters. The number of alkyl halides is 6. The number of rotatable bonds is 0. The van der Waals surface area contributed by atoms with Crippen LogP contribution in [0.15, 0.2) is 0 Å². The number of halogens is 6. The molecule has 0 fully saturated rings. The second-order valence-corrected chi connectivity index (χ2v) is 2.73. The Labute approximate surface area is 85.3 Å². The third-order valence-electron chi connectivity index (χ3n) is 0. The highest BCUT2D eigenvalue weighted by Gasteiger charge is 1.42. The molecule has 0 bridgehead atoms. The molecule has 0 heterocycles. The Morgan fingerprint density at radius 3 is 0.444 bits per heavy atom. The maximum absolute atomic E-state index is 4.76. The Balaban J connectivity index is -0.0000000600. The van der Waals surface area contributed by atoms with Crippen molar-refractivity contribution in [2.24, 2.45) is 0 Å². The molecule has 0 radical (unpaired) electrons. The van der Waals surface area contributed by atoms with E-state index >= 15 is 0 Å². The maximum atomic E-state index is 4.76. The summed E-state index contributed by atoms with van der Waals surface area (Å²) in [7, 11) is 0. The van der Waals surface area contributed by atoms with Crippen molar-refractivity contribution < 1.29 is 0 Å². The first-order chi connectivity index (χ1) is 4.24. The van der Waals surface area contributed by atoms with Gasteiger partial charge in [0, 0.05) is 0 Å². The van der Waals surface area contributed by atoms with Gasteiger partial charge in [0.25, 0.3) is 0 Å². The molecule has 0 aromatic heterocycles. The summed E-state index contributed by atoms with van der Waals surface area (Å²) in [6, 6.07) is 0. The highest BCUT2D eigenvalue weighted by molar-refractivity contribution is 6.41. The second-order valence-electron chi connectivity index (χ2n) is 0.303. The van der Waals surface area contributed by atoms with Crippen LogP contribution in [-0.2, 0) is 0 Å². The largest absolute Gasteiger partial charge is 0.109 e. The van der Waals surface area contributed by atoms with Crippen LogP contribution in [0.3, 0.4) is 0 Å². The van der Waals surface area contributed by atoms with Crippen molar-refractivity contribution >= 4 is 69.6 Å². The van der Waals surface area contributed by atoms with Crippen molar-refractivity contribution in [1.82, 2.24) is 0 Å². The van der Waals surface area contributed by atoms with E-state index < -0.39 is 0 Å². The monoisotopic (exact) mass is 252 g/mol. The standard InChI is InChI=1S/3CH2Cl2/c3*2-1-3/h3*1H2. The van der Waals surface area contributed by atoms with Crippen LogP contribution in [0, 0.1) is 0 Å². The van der Waals surface area contributed by atoms with E-state index in [1.807, 2.05) is 0 Å². The van der Waals surface area contributed by atoms with Crippen molar-refractivity contribution in [3.05, 3.63) is 0 Å². The predicted molar refractivity (Wildman–Crippen MR) is 49.7 cm³/mol. The fourth-order valence-electron chi connectivity index (χ4n) is 0. The molecule has 0 aliphatic carbocycles. The molecule has 0 unspecified atom stereocenters. The smallest absolute Gasteiger partial charge is 0.0967 e. The Kier molecular flexibility index (Phi) is 62.6. The fourth-order valence-corrected chi connectivity index (χ4v) is 0. The molecule has 9 heavy (non-hydrogen) atoms. The Bertz CT molecular complexity index is 13.0. The van der Waals surface area contributed by atoms with Crippen LogP contribution in [0.5, 0.6) is 0 Å². The van der Waals surface area contributed by atoms with Gasteiger partial charge in [0.1, 0.15) is 0 Å². The van der Waals surface area contributed by atoms with Crippen LogP contribution in [0.2, 0.25) is 0 Å². The Morgan fingerprint density at radius 1 is 0.444 bits per heavy atom. The highest BCUT2D eigenvalue weighted by atomic mass is 35.5. The molecule has 0 aliphatic heterocycles. The summed E-state index contributed by atoms with van der Waals surface area (Å²) in [6.45, 7) is 0. The van der Waals surface area contributed by atoms with E-state index in [4.69, 9.17) is 69.6 Å². The number of hydrogen-bond donors (Lipinski definition) is 0. The topological polar surface area (TPSA) is 0 Å². The first-order valence-corrected chi connectivity index (χ1v) is 4.81. The van der Waals surface area contributed by atoms with Crippen molar-refractivity contribution in [3.8, 4) is 0 Å². The van der Waals surface area contributed by atoms with E-state index in [1.165, 1.54) is 0 Å². The van der Waals surface area contributed by atoms with Gasteiger partial charge in [-0.1, -0.05) is 0 Å². The predicted octanol–water partition coefficient (Wildman–Crippen LogP) is 4.26. The third kappa shape index (κ3) is 193. The zero-order chi connectivity index (χ0) is 8.12. The lowest BCUT2D eigenvalue weighted by molar-refractivity contribution is 2.20. The molecule has 0 aliphatic rings. The minimum absolute atomic E-state index is 0.194. The van der Waals surface area contributed by atoms with E-state index in [0.717, 1.165) is 0 Å². The number of hydrogen-bond acceptors (Lipinski definition) is 0. The van der Waals surface area contributed by atoms with Gasteiger partial charge >= 0.3 is 0 Å². The van der Waals surface area contributed by atoms with Crippen LogP contribution >= 0.6 is 69.6 Å². The van der Waals surface area contributed by atoms with E-state index in [-0.39, 0.29) is 16.0 Å². The summed E-state index contributed by atoms with van der Waals surface area (Å²) >= 11 is 28.6. The van der Waals surface area contributed by atoms with Crippen molar-refractivity contribution in [3.63, 3.8) is 0 Å². The van der Waals surface area contributed by atoms with Crippen LogP contribution in [0.4, 0.5) is 0 Å². The lowest BCUT2D eigenvalue weighted by Crippen LogP contribution is -1.24. The van der Waals surface area contributed by atoms with Gasteiger partial charge in [0.05, 0.1) is 16.0 Å². The SMILES string of the molecule is ClCCl.ClCCl.ClCCl. The molecule has 0 rings (SSSR count). The average Bonchev–Trinajstić information content (AvgIpc) is 1.70. The van der Waals surface area contributed by atoms with E-state index in [0.29, 0.717) is 0 Å². The Hall–Kier alpha value is 1.74. The van der Waals surface area contributed by atoms with Crippen LogP contribution in [0.25, 0.3) is 0 Å². The van der Waals surface area contributed by atoms with Gasteiger partial charge in [-0.05, 0) is 0 Å². The van der Waals surface area contributed by atoms with Gasteiger partial charge in [-0.2, -0.15) is 0 Å². The fraction of sp³-hybridized carbons (Fsp3) is 1.00. The summed E-state index contributed by atoms with van der Waals surface area (Å²) < 4.78 is 0. The lowest BCUT2D eigenvalue weighted by atomic mass is 11.9. The molecule has 0 aromatic carbocycles. The van der Waals surface area contributed by atoms with Crippen LogP contribution < -0.4 is 0 Å². The molecular weight excluding hydrogens is 249 g/mol. The summed E-state index contributed by atoms with van der Waals surface area (Å²) in [5.74, 6) is 0. The van der Waals surface area contributed by atoms with Gasteiger partial charge in [-0.3, -0.25) is 0 Å². The molecule has 60 valence electrons. The van der Waals surface area contributed by atoms with E-state index in [9.17, 15) is 0 Å². The van der Waals surface area contributed by atoms with Crippen molar-refractivity contribution in [1.29, 1.82) is 0 Å². The highest BCUT2D eigenvalue weighted by Crippen LogP contribution is 1.73. The quantitative estimate of drug-likeness (QED) is 0.567. The van der Waals surface area contributed by atoms with E-state index in [1.54, 1.807) is 0 Å². The van der Waals surface area contributed by atoms with E-state index in [2.05, 4.69) is 0 Å². The second kappa shape index (κ2) is 33.1. The normalized spacial score (nSPS) is 6.00. The maximum Gasteiger partial charge on any atom is 0.0967 e. The van der Waals surface area contributed by atoms with Crippen LogP contribution in [-0.4, -0.2) is 16.0 Å². The molecule has 0 nitrogen and oxygen atoms in total. The zero-order valence-electron chi connectivity index (χ0n) is 4.39. The summed E-state index contributed by atoms with van der Waals surface area (Å²) in [5, 5.41) is 0.583.